The summed E-state index contributed by atoms with van der Waals surface area (Å²) in [6.45, 7) is 2.08. The van der Waals surface area contributed by atoms with Crippen LogP contribution in [0.3, 0.4) is 0 Å². The van der Waals surface area contributed by atoms with Crippen LogP contribution in [0, 0.1) is 0 Å². The molecule has 120 valence electrons. The number of nitrogens with zero attached hydrogens (tertiary/aromatic N) is 3. The van der Waals surface area contributed by atoms with Gasteiger partial charge in [0.2, 0.25) is 5.78 Å². The van der Waals surface area contributed by atoms with Gasteiger partial charge in [0.1, 0.15) is 5.75 Å². The maximum Gasteiger partial charge on any atom is 0.252 e. The maximum absolute atomic E-state index is 11.7. The lowest BCUT2D eigenvalue weighted by Crippen LogP contribution is -2.11. The van der Waals surface area contributed by atoms with Gasteiger partial charge in [-0.1, -0.05) is 43.3 Å². The number of aromatic nitrogens is 4. The van der Waals surface area contributed by atoms with Crippen molar-refractivity contribution in [3.63, 3.8) is 0 Å². The molecule has 7 heteroatoms. The van der Waals surface area contributed by atoms with Crippen LogP contribution in [-0.2, 0) is 12.2 Å². The normalized spacial score (nSPS) is 11.0. The number of aryl methyl sites for hydroxylation is 1. The molecule has 2 aromatic heterocycles. The summed E-state index contributed by atoms with van der Waals surface area (Å²) in [5.74, 6) is 2.06. The van der Waals surface area contributed by atoms with E-state index in [4.69, 9.17) is 4.74 Å². The number of nitrogens with one attached hydrogen (secondary N) is 1. The first-order valence-corrected chi connectivity index (χ1v) is 8.43. The third-order valence-corrected chi connectivity index (χ3v) is 4.49. The van der Waals surface area contributed by atoms with E-state index >= 15 is 0 Å². The number of thioether (sulfide) groups is 1. The molecule has 6 nitrogen and oxygen atoms in total. The molecule has 0 aliphatic rings. The lowest BCUT2D eigenvalue weighted by Gasteiger charge is -2.08. The van der Waals surface area contributed by atoms with E-state index in [0.717, 1.165) is 40.8 Å². The number of rotatable bonds is 6. The molecule has 0 fully saturated rings. The van der Waals surface area contributed by atoms with Crippen LogP contribution in [-0.4, -0.2) is 26.7 Å². The lowest BCUT2D eigenvalue weighted by atomic mass is 10.2. The van der Waals surface area contributed by atoms with Crippen LogP contribution >= 0.6 is 11.8 Å². The Morgan fingerprint density at radius 1 is 1.30 bits per heavy atom. The van der Waals surface area contributed by atoms with Gasteiger partial charge in [-0.25, -0.2) is 0 Å². The smallest absolute Gasteiger partial charge is 0.252 e. The Labute approximate surface area is 137 Å². The summed E-state index contributed by atoms with van der Waals surface area (Å²) in [7, 11) is 1.67. The Balaban J connectivity index is 1.93. The van der Waals surface area contributed by atoms with Crippen molar-refractivity contribution in [2.75, 3.05) is 7.11 Å². The molecule has 3 aromatic rings. The molecule has 3 rings (SSSR count). The second-order valence-electron chi connectivity index (χ2n) is 5.12. The van der Waals surface area contributed by atoms with Crippen LogP contribution in [0.1, 0.15) is 24.6 Å². The number of hydrogen-bond donors (Lipinski definition) is 1. The van der Waals surface area contributed by atoms with Crippen molar-refractivity contribution in [2.24, 2.45) is 0 Å². The van der Waals surface area contributed by atoms with Crippen molar-refractivity contribution in [3.8, 4) is 5.75 Å². The van der Waals surface area contributed by atoms with Gasteiger partial charge in [-0.15, -0.1) is 10.2 Å². The third kappa shape index (κ3) is 3.24. The first kappa shape index (κ1) is 15.6. The van der Waals surface area contributed by atoms with E-state index in [0.29, 0.717) is 5.78 Å². The monoisotopic (exact) mass is 330 g/mol. The van der Waals surface area contributed by atoms with Crippen molar-refractivity contribution < 1.29 is 4.74 Å². The summed E-state index contributed by atoms with van der Waals surface area (Å²) in [6, 6.07) is 9.53. The number of hydrogen-bond acceptors (Lipinski definition) is 5. The molecule has 1 aromatic carbocycles. The Bertz CT molecular complexity index is 872. The standard InChI is InChI=1S/C16H18N4O2S/c1-3-6-12-9-14(21)17-15-18-19-16(20(12)15)23-10-11-7-4-5-8-13(11)22-2/h4-5,7-9H,3,6,10H2,1-2H3,(H,17,18,21). The molecule has 0 unspecified atom stereocenters. The Morgan fingerprint density at radius 2 is 2.13 bits per heavy atom. The highest BCUT2D eigenvalue weighted by atomic mass is 32.2. The Morgan fingerprint density at radius 3 is 2.91 bits per heavy atom. The van der Waals surface area contributed by atoms with Crippen molar-refractivity contribution in [2.45, 2.75) is 30.7 Å². The van der Waals surface area contributed by atoms with Crippen LogP contribution in [0.5, 0.6) is 5.75 Å². The molecule has 23 heavy (non-hydrogen) atoms. The largest absolute Gasteiger partial charge is 0.496 e. The molecule has 0 spiro atoms. The lowest BCUT2D eigenvalue weighted by molar-refractivity contribution is 0.411. The van der Waals surface area contributed by atoms with E-state index in [9.17, 15) is 4.79 Å². The van der Waals surface area contributed by atoms with Gasteiger partial charge in [0, 0.05) is 23.1 Å². The summed E-state index contributed by atoms with van der Waals surface area (Å²) in [5.41, 5.74) is 1.88. The molecule has 0 saturated heterocycles. The fourth-order valence-corrected chi connectivity index (χ4v) is 3.42. The van der Waals surface area contributed by atoms with Gasteiger partial charge < -0.3 is 4.74 Å². The molecule has 2 heterocycles. The molecule has 0 atom stereocenters. The van der Waals surface area contributed by atoms with Crippen LogP contribution in [0.15, 0.2) is 40.3 Å². The van der Waals surface area contributed by atoms with Gasteiger partial charge in [-0.3, -0.25) is 14.2 Å². The number of H-pyrrole nitrogens is 1. The molecule has 1 N–H and O–H groups in total. The van der Waals surface area contributed by atoms with Crippen molar-refractivity contribution in [1.82, 2.24) is 19.6 Å². The highest BCUT2D eigenvalue weighted by Crippen LogP contribution is 2.27. The fraction of sp³-hybridized carbons (Fsp3) is 0.312. The molecule has 0 aliphatic heterocycles. The van der Waals surface area contributed by atoms with Crippen LogP contribution in [0.25, 0.3) is 5.78 Å². The quantitative estimate of drug-likeness (QED) is 0.704. The van der Waals surface area contributed by atoms with E-state index in [1.807, 2.05) is 28.7 Å². The van der Waals surface area contributed by atoms with Crippen LogP contribution < -0.4 is 10.3 Å². The topological polar surface area (TPSA) is 72.3 Å². The van der Waals surface area contributed by atoms with Gasteiger partial charge in [0.15, 0.2) is 5.16 Å². The number of fused-ring (bicyclic) bond motifs is 1. The Hall–Kier alpha value is -2.28. The predicted octanol–water partition coefficient (Wildman–Crippen LogP) is 2.67. The van der Waals surface area contributed by atoms with E-state index < -0.39 is 0 Å². The highest BCUT2D eigenvalue weighted by Gasteiger charge is 2.12. The number of benzene rings is 1. The number of para-hydroxylation sites is 1. The van der Waals surface area contributed by atoms with Gasteiger partial charge in [0.25, 0.3) is 5.56 Å². The molecule has 0 bridgehead atoms. The zero-order valence-electron chi connectivity index (χ0n) is 13.1. The summed E-state index contributed by atoms with van der Waals surface area (Å²) in [4.78, 5) is 14.4. The first-order valence-electron chi connectivity index (χ1n) is 7.45. The summed E-state index contributed by atoms with van der Waals surface area (Å²) in [6.07, 6.45) is 1.76. The van der Waals surface area contributed by atoms with E-state index in [-0.39, 0.29) is 5.56 Å². The molecule has 0 amide bonds. The minimum atomic E-state index is -0.144. The van der Waals surface area contributed by atoms with E-state index in [1.165, 1.54) is 0 Å². The first-order chi connectivity index (χ1) is 11.2. The number of ether oxygens (including phenoxy) is 1. The SMILES string of the molecule is CCCc1cc(=O)[nH]c2nnc(SCc3ccccc3OC)n12. The van der Waals surface area contributed by atoms with Crippen molar-refractivity contribution in [3.05, 3.63) is 51.9 Å². The third-order valence-electron chi connectivity index (χ3n) is 3.51. The average Bonchev–Trinajstić information content (AvgIpc) is 2.96. The predicted molar refractivity (Wildman–Crippen MR) is 90.2 cm³/mol. The molecular formula is C16H18N4O2S. The van der Waals surface area contributed by atoms with Crippen LogP contribution in [0.4, 0.5) is 0 Å². The fourth-order valence-electron chi connectivity index (χ4n) is 2.47. The molecule has 0 saturated carbocycles. The maximum atomic E-state index is 11.7. The second kappa shape index (κ2) is 6.87. The summed E-state index contributed by atoms with van der Waals surface area (Å²) >= 11 is 1.57. The highest BCUT2D eigenvalue weighted by molar-refractivity contribution is 7.98. The molecule has 0 radical (unpaired) electrons. The van der Waals surface area contributed by atoms with E-state index in [1.54, 1.807) is 24.9 Å². The minimum absolute atomic E-state index is 0.144. The molecular weight excluding hydrogens is 312 g/mol. The van der Waals surface area contributed by atoms with Crippen LogP contribution in [0.2, 0.25) is 0 Å². The van der Waals surface area contributed by atoms with Gasteiger partial charge >= 0.3 is 0 Å². The van der Waals surface area contributed by atoms with E-state index in [2.05, 4.69) is 22.1 Å². The van der Waals surface area contributed by atoms with Gasteiger partial charge in [-0.05, 0) is 12.5 Å². The summed E-state index contributed by atoms with van der Waals surface area (Å²) < 4.78 is 7.30. The molecule has 0 aliphatic carbocycles. The summed E-state index contributed by atoms with van der Waals surface area (Å²) in [5, 5.41) is 9.07. The minimum Gasteiger partial charge on any atom is -0.496 e. The van der Waals surface area contributed by atoms with Gasteiger partial charge in [-0.2, -0.15) is 0 Å². The zero-order chi connectivity index (χ0) is 16.2. The average molecular weight is 330 g/mol. The second-order valence-corrected chi connectivity index (χ2v) is 6.06. The van der Waals surface area contributed by atoms with Crippen molar-refractivity contribution >= 4 is 17.5 Å². The zero-order valence-corrected chi connectivity index (χ0v) is 13.9. The number of aromatic amines is 1. The van der Waals surface area contributed by atoms with Gasteiger partial charge in [0.05, 0.1) is 7.11 Å². The van der Waals surface area contributed by atoms with Crippen molar-refractivity contribution in [1.29, 1.82) is 0 Å². The Kier molecular flexibility index (Phi) is 4.66. The number of methoxy groups -OCH3 is 1.